The number of carbonyl (C=O) groups is 2. The molecule has 3 aromatic rings. The average Bonchev–Trinajstić information content (AvgIpc) is 2.94. The van der Waals surface area contributed by atoms with Crippen LogP contribution in [0.1, 0.15) is 52.2 Å². The van der Waals surface area contributed by atoms with Crippen molar-refractivity contribution in [2.24, 2.45) is 0 Å². The number of hydrogen-bond acceptors (Lipinski definition) is 11. The summed E-state index contributed by atoms with van der Waals surface area (Å²) in [4.78, 5) is 41.7. The van der Waals surface area contributed by atoms with Gasteiger partial charge in [0.1, 0.15) is 12.4 Å². The minimum absolute atomic E-state index is 0.151. The van der Waals surface area contributed by atoms with Crippen molar-refractivity contribution >= 4 is 23.7 Å². The molecule has 0 aliphatic rings. The smallest absolute Gasteiger partial charge is 0.412 e. The summed E-state index contributed by atoms with van der Waals surface area (Å²) in [6.07, 6.45) is 5.77. The van der Waals surface area contributed by atoms with Crippen molar-refractivity contribution in [2.75, 3.05) is 18.5 Å². The molecule has 1 aromatic carbocycles. The van der Waals surface area contributed by atoms with Crippen molar-refractivity contribution in [3.05, 3.63) is 84.9 Å². The van der Waals surface area contributed by atoms with E-state index in [4.69, 9.17) is 14.2 Å². The lowest BCUT2D eigenvalue weighted by molar-refractivity contribution is -0.145. The second-order valence-electron chi connectivity index (χ2n) is 11.1. The third kappa shape index (κ3) is 12.3. The maximum absolute atomic E-state index is 12.6. The highest BCUT2D eigenvalue weighted by Crippen LogP contribution is 2.19. The van der Waals surface area contributed by atoms with E-state index < -0.39 is 23.7 Å². The van der Waals surface area contributed by atoms with E-state index in [0.29, 0.717) is 49.2 Å². The number of aromatic nitrogens is 4. The number of alkyl carbamates (subject to hydrolysis) is 1. The van der Waals surface area contributed by atoms with E-state index >= 15 is 0 Å². The number of nitrogens with zero attached hydrogens (tertiary/aromatic N) is 4. The minimum atomic E-state index is -0.674. The number of esters is 1. The number of allylic oxidation sites excluding steroid dienone is 2. The SMILES string of the molecule is C=C(C)OC(=O)NCCCc1cncc(-c2ncnc(Nc3cccc(CNC(COC(C)(C)C)C(=O)OC(=C)C)c3)n2)c1. The third-order valence-corrected chi connectivity index (χ3v) is 5.78. The van der Waals surface area contributed by atoms with Crippen molar-refractivity contribution in [1.29, 1.82) is 0 Å². The molecule has 0 saturated carbocycles. The number of anilines is 2. The first-order valence-electron chi connectivity index (χ1n) is 14.2. The van der Waals surface area contributed by atoms with E-state index in [1.807, 2.05) is 51.1 Å². The molecule has 0 radical (unpaired) electrons. The van der Waals surface area contributed by atoms with Crippen LogP contribution < -0.4 is 16.0 Å². The zero-order chi connectivity index (χ0) is 32.1. The summed E-state index contributed by atoms with van der Waals surface area (Å²) in [5, 5.41) is 9.13. The molecule has 0 aliphatic heterocycles. The Hall–Kier alpha value is -4.68. The summed E-state index contributed by atoms with van der Waals surface area (Å²) in [7, 11) is 0. The highest BCUT2D eigenvalue weighted by Gasteiger charge is 2.23. The van der Waals surface area contributed by atoms with Crippen molar-refractivity contribution in [1.82, 2.24) is 30.6 Å². The number of amides is 1. The lowest BCUT2D eigenvalue weighted by Crippen LogP contribution is -2.43. The summed E-state index contributed by atoms with van der Waals surface area (Å²) in [6, 6.07) is 8.96. The van der Waals surface area contributed by atoms with E-state index in [0.717, 1.165) is 22.4 Å². The molecule has 0 bridgehead atoms. The molecule has 1 amide bonds. The maximum atomic E-state index is 12.6. The van der Waals surface area contributed by atoms with Crippen LogP contribution >= 0.6 is 0 Å². The summed E-state index contributed by atoms with van der Waals surface area (Å²) in [5.41, 5.74) is 3.00. The highest BCUT2D eigenvalue weighted by atomic mass is 16.6. The van der Waals surface area contributed by atoms with E-state index in [1.165, 1.54) is 6.33 Å². The standard InChI is InChI=1S/C32H41N7O5/c1-21(2)43-29(40)27(19-42-32(5,6)7)35-17-24-10-8-12-26(15-24)38-30-37-20-36-28(39-30)25-14-23(16-33-18-25)11-9-13-34-31(41)44-22(3)4/h8,10,12,14-16,18,20,27,35H,1,3,9,11,13,17,19H2,2,4-7H3,(H,34,41)(H,36,37,38,39). The fourth-order valence-electron chi connectivity index (χ4n) is 3.84. The summed E-state index contributed by atoms with van der Waals surface area (Å²) >= 11 is 0. The van der Waals surface area contributed by atoms with Crippen LogP contribution in [0.4, 0.5) is 16.4 Å². The van der Waals surface area contributed by atoms with Gasteiger partial charge in [0.05, 0.1) is 23.7 Å². The van der Waals surface area contributed by atoms with Crippen LogP contribution in [0.25, 0.3) is 11.4 Å². The van der Waals surface area contributed by atoms with Gasteiger partial charge in [-0.15, -0.1) is 0 Å². The Bertz CT molecular complexity index is 1450. The Labute approximate surface area is 258 Å². The summed E-state index contributed by atoms with van der Waals surface area (Å²) in [5.74, 6) is 1.04. The normalized spacial score (nSPS) is 11.8. The summed E-state index contributed by atoms with van der Waals surface area (Å²) in [6.45, 7) is 17.2. The maximum Gasteiger partial charge on any atom is 0.412 e. The Morgan fingerprint density at radius 2 is 1.77 bits per heavy atom. The molecule has 3 N–H and O–H groups in total. The summed E-state index contributed by atoms with van der Waals surface area (Å²) < 4.78 is 15.9. The molecule has 2 aromatic heterocycles. The van der Waals surface area contributed by atoms with Gasteiger partial charge < -0.3 is 24.8 Å². The second-order valence-corrected chi connectivity index (χ2v) is 11.1. The van der Waals surface area contributed by atoms with Gasteiger partial charge in [-0.1, -0.05) is 25.3 Å². The number of aryl methyl sites for hydroxylation is 1. The molecular formula is C32H41N7O5. The van der Waals surface area contributed by atoms with Crippen molar-refractivity contribution < 1.29 is 23.8 Å². The number of pyridine rings is 1. The molecule has 0 saturated heterocycles. The number of benzene rings is 1. The van der Waals surface area contributed by atoms with Gasteiger partial charge in [-0.3, -0.25) is 10.3 Å². The Balaban J connectivity index is 1.62. The molecule has 3 rings (SSSR count). The van der Waals surface area contributed by atoms with Crippen LogP contribution in [0.5, 0.6) is 0 Å². The Morgan fingerprint density at radius 1 is 1.00 bits per heavy atom. The molecule has 1 atom stereocenters. The topological polar surface area (TPSA) is 149 Å². The van der Waals surface area contributed by atoms with E-state index in [9.17, 15) is 9.59 Å². The van der Waals surface area contributed by atoms with E-state index in [-0.39, 0.29) is 6.61 Å². The number of nitrogens with one attached hydrogen (secondary N) is 3. The number of ether oxygens (including phenoxy) is 3. The van der Waals surface area contributed by atoms with Crippen LogP contribution in [0.15, 0.2) is 73.7 Å². The fourth-order valence-corrected chi connectivity index (χ4v) is 3.84. The second kappa shape index (κ2) is 16.2. The molecule has 12 heteroatoms. The zero-order valence-electron chi connectivity index (χ0n) is 26.0. The van der Waals surface area contributed by atoms with Crippen LogP contribution in [0.2, 0.25) is 0 Å². The lowest BCUT2D eigenvalue weighted by atomic mass is 10.1. The van der Waals surface area contributed by atoms with Gasteiger partial charge >= 0.3 is 12.1 Å². The van der Waals surface area contributed by atoms with Crippen LogP contribution in [0, 0.1) is 0 Å². The molecule has 0 fully saturated rings. The Morgan fingerprint density at radius 3 is 2.50 bits per heavy atom. The van der Waals surface area contributed by atoms with Gasteiger partial charge in [-0.2, -0.15) is 4.98 Å². The zero-order valence-corrected chi connectivity index (χ0v) is 26.0. The molecule has 44 heavy (non-hydrogen) atoms. The number of rotatable bonds is 15. The highest BCUT2D eigenvalue weighted by molar-refractivity contribution is 5.77. The average molecular weight is 604 g/mol. The molecule has 234 valence electrons. The molecule has 12 nitrogen and oxygen atoms in total. The van der Waals surface area contributed by atoms with Crippen molar-refractivity contribution in [3.8, 4) is 11.4 Å². The third-order valence-electron chi connectivity index (χ3n) is 5.78. The largest absolute Gasteiger partial charge is 0.431 e. The first kappa shape index (κ1) is 33.8. The lowest BCUT2D eigenvalue weighted by Gasteiger charge is -2.24. The van der Waals surface area contributed by atoms with Gasteiger partial charge in [0.15, 0.2) is 5.82 Å². The van der Waals surface area contributed by atoms with Gasteiger partial charge in [0, 0.05) is 36.7 Å². The predicted octanol–water partition coefficient (Wildman–Crippen LogP) is 5.22. The van der Waals surface area contributed by atoms with Gasteiger partial charge in [0.2, 0.25) is 5.95 Å². The molecule has 0 aliphatic carbocycles. The first-order valence-corrected chi connectivity index (χ1v) is 14.2. The fraction of sp³-hybridized carbons (Fsp3) is 0.375. The van der Waals surface area contributed by atoms with Crippen molar-refractivity contribution in [2.45, 2.75) is 65.6 Å². The molecule has 0 spiro atoms. The van der Waals surface area contributed by atoms with E-state index in [1.54, 1.807) is 26.2 Å². The number of hydrogen-bond donors (Lipinski definition) is 3. The molecule has 2 heterocycles. The predicted molar refractivity (Wildman–Crippen MR) is 168 cm³/mol. The quantitative estimate of drug-likeness (QED) is 0.119. The minimum Gasteiger partial charge on any atom is -0.431 e. The van der Waals surface area contributed by atoms with Gasteiger partial charge in [-0.25, -0.2) is 19.6 Å². The van der Waals surface area contributed by atoms with Crippen LogP contribution in [0.3, 0.4) is 0 Å². The van der Waals surface area contributed by atoms with Gasteiger partial charge in [0.25, 0.3) is 0 Å². The van der Waals surface area contributed by atoms with Crippen LogP contribution in [-0.4, -0.2) is 56.8 Å². The van der Waals surface area contributed by atoms with Crippen molar-refractivity contribution in [3.63, 3.8) is 0 Å². The van der Waals surface area contributed by atoms with E-state index in [2.05, 4.69) is 49.0 Å². The van der Waals surface area contributed by atoms with Crippen LogP contribution in [-0.2, 0) is 32.0 Å². The Kier molecular flexibility index (Phi) is 12.5. The molecular weight excluding hydrogens is 562 g/mol. The van der Waals surface area contributed by atoms with Gasteiger partial charge in [-0.05, 0) is 76.8 Å². The first-order chi connectivity index (χ1) is 20.9. The monoisotopic (exact) mass is 603 g/mol. The number of carbonyl (C=O) groups excluding carboxylic acids is 2. The molecule has 1 unspecified atom stereocenters.